The lowest BCUT2D eigenvalue weighted by Gasteiger charge is -2.32. The quantitative estimate of drug-likeness (QED) is 0.677. The minimum atomic E-state index is -0.345. The molecule has 0 spiro atoms. The molecule has 0 unspecified atom stereocenters. The largest absolute Gasteiger partial charge is 0.373 e. The molecule has 4 heterocycles. The minimum absolute atomic E-state index is 0.345. The Morgan fingerprint density at radius 3 is 2.83 bits per heavy atom. The number of pyridine rings is 2. The van der Waals surface area contributed by atoms with Gasteiger partial charge in [0.25, 0.3) is 0 Å². The maximum Gasteiger partial charge on any atom is 0.132 e. The van der Waals surface area contributed by atoms with Crippen molar-refractivity contribution >= 4 is 39.6 Å². The number of halogens is 2. The summed E-state index contributed by atoms with van der Waals surface area (Å²) in [7, 11) is 2.08. The highest BCUT2D eigenvalue weighted by Gasteiger charge is 2.22. The predicted octanol–water partition coefficient (Wildman–Crippen LogP) is 3.96. The second kappa shape index (κ2) is 7.78. The molecule has 2 aromatic heterocycles. The SMILES string of the molecule is CN(CC1CNC1)c1cnc2ccc(C3=CCN=C3c3cc(Cl)ccc3F)nc2c1. The van der Waals surface area contributed by atoms with E-state index in [0.29, 0.717) is 28.8 Å². The fourth-order valence-electron chi connectivity index (χ4n) is 3.87. The average Bonchev–Trinajstić information content (AvgIpc) is 3.21. The van der Waals surface area contributed by atoms with Crippen LogP contribution in [0.15, 0.2) is 53.7 Å². The summed E-state index contributed by atoms with van der Waals surface area (Å²) in [5.41, 5.74) is 5.22. The van der Waals surface area contributed by atoms with Crippen molar-refractivity contribution in [1.29, 1.82) is 0 Å². The van der Waals surface area contributed by atoms with Gasteiger partial charge in [0.15, 0.2) is 0 Å². The molecular weight excluding hydrogens is 401 g/mol. The molecule has 0 bridgehead atoms. The van der Waals surface area contributed by atoms with Crippen LogP contribution in [0.1, 0.15) is 11.3 Å². The molecule has 2 aliphatic rings. The van der Waals surface area contributed by atoms with Gasteiger partial charge in [-0.2, -0.15) is 0 Å². The molecule has 5 nitrogen and oxygen atoms in total. The Morgan fingerprint density at radius 1 is 1.17 bits per heavy atom. The monoisotopic (exact) mass is 421 g/mol. The Labute approximate surface area is 179 Å². The van der Waals surface area contributed by atoms with Gasteiger partial charge in [-0.3, -0.25) is 9.98 Å². The summed E-state index contributed by atoms with van der Waals surface area (Å²) >= 11 is 6.09. The summed E-state index contributed by atoms with van der Waals surface area (Å²) < 4.78 is 14.4. The normalized spacial score (nSPS) is 16.4. The highest BCUT2D eigenvalue weighted by molar-refractivity contribution is 6.35. The van der Waals surface area contributed by atoms with Crippen LogP contribution in [0.4, 0.5) is 10.1 Å². The van der Waals surface area contributed by atoms with Crippen LogP contribution < -0.4 is 10.2 Å². The Balaban J connectivity index is 1.48. The van der Waals surface area contributed by atoms with E-state index in [1.807, 2.05) is 24.4 Å². The zero-order chi connectivity index (χ0) is 20.7. The van der Waals surface area contributed by atoms with Gasteiger partial charge in [-0.15, -0.1) is 0 Å². The van der Waals surface area contributed by atoms with Crippen LogP contribution in [0.3, 0.4) is 0 Å². The zero-order valence-electron chi connectivity index (χ0n) is 16.6. The van der Waals surface area contributed by atoms with E-state index in [2.05, 4.69) is 33.3 Å². The number of aromatic nitrogens is 2. The van der Waals surface area contributed by atoms with Crippen molar-refractivity contribution in [3.8, 4) is 0 Å². The number of hydrogen-bond acceptors (Lipinski definition) is 5. The molecule has 152 valence electrons. The van der Waals surface area contributed by atoms with Crippen molar-refractivity contribution in [3.63, 3.8) is 0 Å². The Bertz CT molecular complexity index is 1190. The lowest BCUT2D eigenvalue weighted by atomic mass is 9.99. The van der Waals surface area contributed by atoms with Crippen molar-refractivity contribution < 1.29 is 4.39 Å². The maximum atomic E-state index is 14.4. The number of nitrogens with zero attached hydrogens (tertiary/aromatic N) is 4. The van der Waals surface area contributed by atoms with Gasteiger partial charge in [-0.1, -0.05) is 17.7 Å². The first-order valence-electron chi connectivity index (χ1n) is 9.98. The molecule has 1 saturated heterocycles. The van der Waals surface area contributed by atoms with E-state index < -0.39 is 0 Å². The molecule has 0 saturated carbocycles. The number of benzene rings is 1. The minimum Gasteiger partial charge on any atom is -0.373 e. The molecular formula is C23H21ClFN5. The van der Waals surface area contributed by atoms with Crippen LogP contribution in [-0.2, 0) is 0 Å². The third kappa shape index (κ3) is 3.57. The molecule has 0 radical (unpaired) electrons. The summed E-state index contributed by atoms with van der Waals surface area (Å²) in [4.78, 5) is 16.1. The van der Waals surface area contributed by atoms with Gasteiger partial charge in [0.1, 0.15) is 5.82 Å². The Morgan fingerprint density at radius 2 is 2.03 bits per heavy atom. The second-order valence-electron chi connectivity index (χ2n) is 7.76. The number of nitrogens with one attached hydrogen (secondary N) is 1. The third-order valence-corrected chi connectivity index (χ3v) is 5.86. The number of aliphatic imine (C=N–C) groups is 1. The molecule has 1 aromatic carbocycles. The predicted molar refractivity (Wildman–Crippen MR) is 120 cm³/mol. The fraction of sp³-hybridized carbons (Fsp3) is 0.261. The van der Waals surface area contributed by atoms with Gasteiger partial charge in [-0.25, -0.2) is 9.37 Å². The van der Waals surface area contributed by atoms with Gasteiger partial charge < -0.3 is 10.2 Å². The molecule has 0 amide bonds. The van der Waals surface area contributed by atoms with Gasteiger partial charge in [0.2, 0.25) is 0 Å². The molecule has 30 heavy (non-hydrogen) atoms. The van der Waals surface area contributed by atoms with Crippen molar-refractivity contribution in [1.82, 2.24) is 15.3 Å². The smallest absolute Gasteiger partial charge is 0.132 e. The molecule has 3 aromatic rings. The summed E-state index contributed by atoms with van der Waals surface area (Å²) in [5, 5.41) is 3.78. The second-order valence-corrected chi connectivity index (χ2v) is 8.20. The number of hydrogen-bond donors (Lipinski definition) is 1. The van der Waals surface area contributed by atoms with Crippen molar-refractivity contribution in [2.24, 2.45) is 10.9 Å². The van der Waals surface area contributed by atoms with Crippen LogP contribution in [0.2, 0.25) is 5.02 Å². The summed E-state index contributed by atoms with van der Waals surface area (Å²) in [6.45, 7) is 3.59. The van der Waals surface area contributed by atoms with Crippen LogP contribution in [0, 0.1) is 11.7 Å². The summed E-state index contributed by atoms with van der Waals surface area (Å²) in [6.07, 6.45) is 3.86. The zero-order valence-corrected chi connectivity index (χ0v) is 17.3. The van der Waals surface area contributed by atoms with Crippen LogP contribution in [-0.4, -0.2) is 48.9 Å². The fourth-order valence-corrected chi connectivity index (χ4v) is 4.04. The van der Waals surface area contributed by atoms with E-state index in [9.17, 15) is 4.39 Å². The average molecular weight is 422 g/mol. The first kappa shape index (κ1) is 19.2. The highest BCUT2D eigenvalue weighted by atomic mass is 35.5. The molecule has 1 fully saturated rings. The van der Waals surface area contributed by atoms with Gasteiger partial charge in [-0.05, 0) is 36.4 Å². The lowest BCUT2D eigenvalue weighted by molar-refractivity contribution is 0.353. The van der Waals surface area contributed by atoms with Crippen LogP contribution in [0.5, 0.6) is 0 Å². The van der Waals surface area contributed by atoms with Gasteiger partial charge in [0.05, 0.1) is 40.9 Å². The topological polar surface area (TPSA) is 53.4 Å². The summed E-state index contributed by atoms with van der Waals surface area (Å²) in [5.74, 6) is 0.322. The van der Waals surface area contributed by atoms with E-state index >= 15 is 0 Å². The number of rotatable bonds is 5. The Kier molecular flexibility index (Phi) is 4.97. The van der Waals surface area contributed by atoms with E-state index in [1.54, 1.807) is 6.07 Å². The van der Waals surface area contributed by atoms with Gasteiger partial charge in [0, 0.05) is 48.8 Å². The third-order valence-electron chi connectivity index (χ3n) is 5.62. The molecule has 0 aliphatic carbocycles. The molecule has 7 heteroatoms. The van der Waals surface area contributed by atoms with E-state index in [1.165, 1.54) is 12.1 Å². The molecule has 1 N–H and O–H groups in total. The van der Waals surface area contributed by atoms with E-state index in [4.69, 9.17) is 16.6 Å². The lowest BCUT2D eigenvalue weighted by Crippen LogP contribution is -2.47. The highest BCUT2D eigenvalue weighted by Crippen LogP contribution is 2.28. The van der Waals surface area contributed by atoms with E-state index in [0.717, 1.165) is 47.6 Å². The van der Waals surface area contributed by atoms with Gasteiger partial charge >= 0.3 is 0 Å². The standard InChI is InChI=1S/C23H21ClFN5/c1-30(13-14-10-26-11-14)16-9-22-21(28-12-16)5-4-20(29-22)17-6-7-27-23(17)18-8-15(24)2-3-19(18)25/h2-6,8-9,12,14,26H,7,10-11,13H2,1H3. The first-order chi connectivity index (χ1) is 14.6. The Hall–Kier alpha value is -2.83. The number of fused-ring (bicyclic) bond motifs is 1. The molecule has 5 rings (SSSR count). The number of allylic oxidation sites excluding steroid dienone is 1. The maximum absolute atomic E-state index is 14.4. The van der Waals surface area contributed by atoms with Crippen LogP contribution in [0.25, 0.3) is 16.6 Å². The first-order valence-corrected chi connectivity index (χ1v) is 10.4. The van der Waals surface area contributed by atoms with Crippen LogP contribution >= 0.6 is 11.6 Å². The van der Waals surface area contributed by atoms with Crippen molar-refractivity contribution in [3.05, 3.63) is 70.8 Å². The van der Waals surface area contributed by atoms with Crippen molar-refractivity contribution in [2.45, 2.75) is 0 Å². The molecule has 2 aliphatic heterocycles. The molecule has 0 atom stereocenters. The number of anilines is 1. The van der Waals surface area contributed by atoms with Crippen molar-refractivity contribution in [2.75, 3.05) is 38.1 Å². The summed E-state index contributed by atoms with van der Waals surface area (Å²) in [6, 6.07) is 10.4. The van der Waals surface area contributed by atoms with E-state index in [-0.39, 0.29) is 5.82 Å².